The molecule has 0 aromatic heterocycles. The minimum atomic E-state index is 0.0678. The summed E-state index contributed by atoms with van der Waals surface area (Å²) in [4.78, 5) is 13.3. The molecule has 1 saturated heterocycles. The van der Waals surface area contributed by atoms with Crippen molar-refractivity contribution in [2.75, 3.05) is 19.7 Å². The van der Waals surface area contributed by atoms with E-state index in [-0.39, 0.29) is 18.6 Å². The van der Waals surface area contributed by atoms with E-state index in [4.69, 9.17) is 10.00 Å². The Bertz CT molecular complexity index is 254. The van der Waals surface area contributed by atoms with E-state index in [1.165, 1.54) is 6.42 Å². The summed E-state index contributed by atoms with van der Waals surface area (Å²) in [5.74, 6) is 0.0678. The second-order valence-corrected chi connectivity index (χ2v) is 4.09. The van der Waals surface area contributed by atoms with Crippen molar-refractivity contribution in [3.05, 3.63) is 0 Å². The van der Waals surface area contributed by atoms with Crippen molar-refractivity contribution in [1.29, 1.82) is 5.26 Å². The van der Waals surface area contributed by atoms with E-state index in [2.05, 4.69) is 0 Å². The highest BCUT2D eigenvalue weighted by molar-refractivity contribution is 5.76. The molecule has 0 aromatic carbocycles. The molecule has 1 aliphatic heterocycles. The van der Waals surface area contributed by atoms with Crippen LogP contribution in [-0.2, 0) is 9.53 Å². The molecule has 0 N–H and O–H groups in total. The Hall–Kier alpha value is -1.08. The molecule has 1 heterocycles. The Balaban J connectivity index is 2.24. The van der Waals surface area contributed by atoms with Crippen LogP contribution in [0.5, 0.6) is 0 Å². The normalized spacial score (nSPS) is 20.1. The Labute approximate surface area is 97.2 Å². The van der Waals surface area contributed by atoms with Gasteiger partial charge in [-0.15, -0.1) is 0 Å². The largest absolute Gasteiger partial charge is 0.378 e. The Morgan fingerprint density at radius 2 is 2.38 bits per heavy atom. The van der Waals surface area contributed by atoms with Gasteiger partial charge in [0, 0.05) is 19.6 Å². The van der Waals surface area contributed by atoms with Gasteiger partial charge in [0.1, 0.15) is 6.54 Å². The highest BCUT2D eigenvalue weighted by Gasteiger charge is 2.17. The maximum Gasteiger partial charge on any atom is 0.223 e. The summed E-state index contributed by atoms with van der Waals surface area (Å²) >= 11 is 0. The van der Waals surface area contributed by atoms with Crippen molar-refractivity contribution in [2.45, 2.75) is 45.1 Å². The second kappa shape index (κ2) is 7.24. The number of hydrogen-bond acceptors (Lipinski definition) is 3. The summed E-state index contributed by atoms with van der Waals surface area (Å²) in [5, 5.41) is 8.57. The van der Waals surface area contributed by atoms with Crippen molar-refractivity contribution in [2.24, 2.45) is 0 Å². The van der Waals surface area contributed by atoms with Crippen molar-refractivity contribution in [1.82, 2.24) is 4.90 Å². The molecule has 0 aliphatic carbocycles. The SMILES string of the molecule is CCN(CC#N)C(=O)CCC1CCCCO1. The zero-order valence-corrected chi connectivity index (χ0v) is 9.95. The van der Waals surface area contributed by atoms with E-state index in [1.807, 2.05) is 13.0 Å². The van der Waals surface area contributed by atoms with Gasteiger partial charge in [0.05, 0.1) is 12.2 Å². The van der Waals surface area contributed by atoms with Gasteiger partial charge in [0.15, 0.2) is 0 Å². The van der Waals surface area contributed by atoms with E-state index < -0.39 is 0 Å². The Kier molecular flexibility index (Phi) is 5.87. The zero-order chi connectivity index (χ0) is 11.8. The smallest absolute Gasteiger partial charge is 0.223 e. The van der Waals surface area contributed by atoms with Gasteiger partial charge < -0.3 is 9.64 Å². The number of ether oxygens (including phenoxy) is 1. The molecule has 1 fully saturated rings. The number of carbonyl (C=O) groups excluding carboxylic acids is 1. The average molecular weight is 224 g/mol. The van der Waals surface area contributed by atoms with Crippen molar-refractivity contribution >= 4 is 5.91 Å². The van der Waals surface area contributed by atoms with Gasteiger partial charge in [-0.05, 0) is 32.6 Å². The lowest BCUT2D eigenvalue weighted by molar-refractivity contribution is -0.131. The molecule has 1 amide bonds. The van der Waals surface area contributed by atoms with Crippen LogP contribution in [0.2, 0.25) is 0 Å². The minimum Gasteiger partial charge on any atom is -0.378 e. The van der Waals surface area contributed by atoms with Gasteiger partial charge in [0.25, 0.3) is 0 Å². The average Bonchev–Trinajstić information content (AvgIpc) is 2.34. The molecule has 1 aliphatic rings. The number of nitriles is 1. The number of nitrogens with zero attached hydrogens (tertiary/aromatic N) is 2. The highest BCUT2D eigenvalue weighted by Crippen LogP contribution is 2.17. The number of amides is 1. The van der Waals surface area contributed by atoms with E-state index in [0.717, 1.165) is 25.9 Å². The first-order valence-electron chi connectivity index (χ1n) is 6.04. The molecule has 1 unspecified atom stereocenters. The summed E-state index contributed by atoms with van der Waals surface area (Å²) < 4.78 is 5.57. The van der Waals surface area contributed by atoms with Crippen LogP contribution in [0.4, 0.5) is 0 Å². The van der Waals surface area contributed by atoms with Crippen LogP contribution >= 0.6 is 0 Å². The van der Waals surface area contributed by atoms with Gasteiger partial charge in [-0.2, -0.15) is 5.26 Å². The van der Waals surface area contributed by atoms with E-state index in [0.29, 0.717) is 13.0 Å². The number of carbonyl (C=O) groups is 1. The summed E-state index contributed by atoms with van der Waals surface area (Å²) in [6.07, 6.45) is 4.95. The molecule has 0 radical (unpaired) electrons. The summed E-state index contributed by atoms with van der Waals surface area (Å²) in [7, 11) is 0. The molecule has 0 spiro atoms. The standard InChI is InChI=1S/C12H20N2O2/c1-2-14(9-8-13)12(15)7-6-11-5-3-4-10-16-11/h11H,2-7,9-10H2,1H3. The zero-order valence-electron chi connectivity index (χ0n) is 9.95. The predicted octanol–water partition coefficient (Wildman–Crippen LogP) is 1.71. The molecule has 0 aromatic rings. The number of rotatable bonds is 5. The maximum atomic E-state index is 11.7. The van der Waals surface area contributed by atoms with E-state index in [1.54, 1.807) is 4.90 Å². The first kappa shape index (κ1) is 13.0. The van der Waals surface area contributed by atoms with Gasteiger partial charge in [-0.25, -0.2) is 0 Å². The number of hydrogen-bond donors (Lipinski definition) is 0. The van der Waals surface area contributed by atoms with Crippen LogP contribution in [0.25, 0.3) is 0 Å². The highest BCUT2D eigenvalue weighted by atomic mass is 16.5. The molecule has 0 bridgehead atoms. The quantitative estimate of drug-likeness (QED) is 0.668. The third kappa shape index (κ3) is 4.19. The van der Waals surface area contributed by atoms with Crippen molar-refractivity contribution < 1.29 is 9.53 Å². The lowest BCUT2D eigenvalue weighted by atomic mass is 10.0. The molecular weight excluding hydrogens is 204 g/mol. The van der Waals surface area contributed by atoms with E-state index >= 15 is 0 Å². The first-order valence-corrected chi connectivity index (χ1v) is 6.04. The van der Waals surface area contributed by atoms with Crippen LogP contribution < -0.4 is 0 Å². The van der Waals surface area contributed by atoms with Gasteiger partial charge >= 0.3 is 0 Å². The Morgan fingerprint density at radius 1 is 1.56 bits per heavy atom. The lowest BCUT2D eigenvalue weighted by Crippen LogP contribution is -2.32. The maximum absolute atomic E-state index is 11.7. The third-order valence-corrected chi connectivity index (χ3v) is 2.95. The van der Waals surface area contributed by atoms with Gasteiger partial charge in [0.2, 0.25) is 5.91 Å². The molecular formula is C12H20N2O2. The van der Waals surface area contributed by atoms with Gasteiger partial charge in [-0.1, -0.05) is 0 Å². The topological polar surface area (TPSA) is 53.3 Å². The molecule has 16 heavy (non-hydrogen) atoms. The van der Waals surface area contributed by atoms with Crippen LogP contribution in [0.15, 0.2) is 0 Å². The van der Waals surface area contributed by atoms with Crippen LogP contribution in [0.3, 0.4) is 0 Å². The van der Waals surface area contributed by atoms with Crippen molar-refractivity contribution in [3.8, 4) is 6.07 Å². The van der Waals surface area contributed by atoms with Crippen LogP contribution in [-0.4, -0.2) is 36.6 Å². The molecule has 1 atom stereocenters. The molecule has 1 rings (SSSR count). The second-order valence-electron chi connectivity index (χ2n) is 4.09. The molecule has 4 nitrogen and oxygen atoms in total. The van der Waals surface area contributed by atoms with Gasteiger partial charge in [-0.3, -0.25) is 4.79 Å². The Morgan fingerprint density at radius 3 is 2.94 bits per heavy atom. The minimum absolute atomic E-state index is 0.0678. The van der Waals surface area contributed by atoms with E-state index in [9.17, 15) is 4.79 Å². The van der Waals surface area contributed by atoms with Crippen LogP contribution in [0.1, 0.15) is 39.0 Å². The molecule has 0 saturated carbocycles. The van der Waals surface area contributed by atoms with Crippen LogP contribution in [0, 0.1) is 11.3 Å². The predicted molar refractivity (Wildman–Crippen MR) is 60.7 cm³/mol. The summed E-state index contributed by atoms with van der Waals surface area (Å²) in [6.45, 7) is 3.53. The molecule has 90 valence electrons. The monoisotopic (exact) mass is 224 g/mol. The first-order chi connectivity index (χ1) is 7.77. The fraction of sp³-hybridized carbons (Fsp3) is 0.833. The molecule has 4 heteroatoms. The third-order valence-electron chi connectivity index (χ3n) is 2.95. The fourth-order valence-electron chi connectivity index (χ4n) is 1.94. The summed E-state index contributed by atoms with van der Waals surface area (Å²) in [6, 6.07) is 2.01. The van der Waals surface area contributed by atoms with Crippen molar-refractivity contribution in [3.63, 3.8) is 0 Å². The summed E-state index contributed by atoms with van der Waals surface area (Å²) in [5.41, 5.74) is 0. The lowest BCUT2D eigenvalue weighted by Gasteiger charge is -2.23. The fourth-order valence-corrected chi connectivity index (χ4v) is 1.94.